The van der Waals surface area contributed by atoms with Crippen LogP contribution in [0.1, 0.15) is 24.5 Å². The van der Waals surface area contributed by atoms with Gasteiger partial charge in [0.1, 0.15) is 0 Å². The Morgan fingerprint density at radius 3 is 3.05 bits per heavy atom. The van der Waals surface area contributed by atoms with Gasteiger partial charge in [-0.05, 0) is 37.5 Å². The van der Waals surface area contributed by atoms with E-state index in [1.807, 2.05) is 11.1 Å². The standard InChI is InChI=1S/C17H22N2O2/c1-11-3-4-15-14(9-18-16(15)7-11)8-17(21)19-6-5-13(10-19)12(2)20/h3-4,7,9,12-13,18,20H,5-6,8,10H2,1-2H3. The zero-order valence-electron chi connectivity index (χ0n) is 12.6. The third-order valence-electron chi connectivity index (χ3n) is 4.52. The molecule has 0 radical (unpaired) electrons. The number of amides is 1. The summed E-state index contributed by atoms with van der Waals surface area (Å²) in [6.45, 7) is 5.31. The molecule has 2 atom stereocenters. The molecule has 1 aliphatic rings. The second-order valence-electron chi connectivity index (χ2n) is 6.17. The van der Waals surface area contributed by atoms with E-state index >= 15 is 0 Å². The largest absolute Gasteiger partial charge is 0.393 e. The molecule has 1 aromatic heterocycles. The Hall–Kier alpha value is -1.81. The molecule has 0 bridgehead atoms. The maximum absolute atomic E-state index is 12.4. The molecule has 1 saturated heterocycles. The second-order valence-corrected chi connectivity index (χ2v) is 6.17. The van der Waals surface area contributed by atoms with Crippen molar-refractivity contribution in [3.05, 3.63) is 35.5 Å². The van der Waals surface area contributed by atoms with Gasteiger partial charge in [-0.25, -0.2) is 0 Å². The van der Waals surface area contributed by atoms with Crippen LogP contribution in [0.4, 0.5) is 0 Å². The van der Waals surface area contributed by atoms with Crippen molar-refractivity contribution in [3.63, 3.8) is 0 Å². The number of carbonyl (C=O) groups excluding carboxylic acids is 1. The van der Waals surface area contributed by atoms with Gasteiger partial charge in [-0.1, -0.05) is 12.1 Å². The van der Waals surface area contributed by atoms with Gasteiger partial charge in [0.25, 0.3) is 0 Å². The minimum atomic E-state index is -0.334. The number of rotatable bonds is 3. The molecule has 0 aliphatic carbocycles. The maximum atomic E-state index is 12.4. The minimum absolute atomic E-state index is 0.152. The summed E-state index contributed by atoms with van der Waals surface area (Å²) in [5, 5.41) is 10.8. The lowest BCUT2D eigenvalue weighted by Crippen LogP contribution is -2.31. The molecule has 4 heteroatoms. The number of nitrogens with one attached hydrogen (secondary N) is 1. The predicted molar refractivity (Wildman–Crippen MR) is 83.1 cm³/mol. The normalized spacial score (nSPS) is 20.1. The Bertz CT molecular complexity index is 660. The van der Waals surface area contributed by atoms with E-state index in [-0.39, 0.29) is 17.9 Å². The number of aromatic amines is 1. The summed E-state index contributed by atoms with van der Waals surface area (Å²) < 4.78 is 0. The van der Waals surface area contributed by atoms with Crippen LogP contribution < -0.4 is 0 Å². The molecule has 4 nitrogen and oxygen atoms in total. The fourth-order valence-corrected chi connectivity index (χ4v) is 3.13. The third-order valence-corrected chi connectivity index (χ3v) is 4.52. The van der Waals surface area contributed by atoms with Crippen molar-refractivity contribution in [2.75, 3.05) is 13.1 Å². The zero-order chi connectivity index (χ0) is 15.0. The lowest BCUT2D eigenvalue weighted by atomic mass is 10.0. The Kier molecular flexibility index (Phi) is 3.72. The number of hydrogen-bond donors (Lipinski definition) is 2. The summed E-state index contributed by atoms with van der Waals surface area (Å²) in [5.41, 5.74) is 3.35. The molecule has 1 aliphatic heterocycles. The van der Waals surface area contributed by atoms with E-state index in [0.717, 1.165) is 29.4 Å². The number of aliphatic hydroxyl groups excluding tert-OH is 1. The van der Waals surface area contributed by atoms with Gasteiger partial charge in [0.2, 0.25) is 5.91 Å². The van der Waals surface area contributed by atoms with Gasteiger partial charge in [-0.15, -0.1) is 0 Å². The number of nitrogens with zero attached hydrogens (tertiary/aromatic N) is 1. The van der Waals surface area contributed by atoms with E-state index in [1.54, 1.807) is 6.92 Å². The van der Waals surface area contributed by atoms with Crippen molar-refractivity contribution in [3.8, 4) is 0 Å². The molecule has 1 amide bonds. The summed E-state index contributed by atoms with van der Waals surface area (Å²) >= 11 is 0. The number of H-pyrrole nitrogens is 1. The molecule has 112 valence electrons. The van der Waals surface area contributed by atoms with Crippen molar-refractivity contribution in [1.82, 2.24) is 9.88 Å². The number of likely N-dealkylation sites (tertiary alicyclic amines) is 1. The Morgan fingerprint density at radius 1 is 1.52 bits per heavy atom. The topological polar surface area (TPSA) is 56.3 Å². The Balaban J connectivity index is 1.72. The highest BCUT2D eigenvalue weighted by molar-refractivity contribution is 5.89. The third kappa shape index (κ3) is 2.81. The number of fused-ring (bicyclic) bond motifs is 1. The van der Waals surface area contributed by atoms with Crippen molar-refractivity contribution in [1.29, 1.82) is 0 Å². The highest BCUT2D eigenvalue weighted by atomic mass is 16.3. The first-order chi connectivity index (χ1) is 10.0. The molecule has 2 heterocycles. The van der Waals surface area contributed by atoms with E-state index in [2.05, 4.69) is 30.1 Å². The molecule has 1 aromatic carbocycles. The first-order valence-corrected chi connectivity index (χ1v) is 7.57. The Morgan fingerprint density at radius 2 is 2.33 bits per heavy atom. The molecule has 0 spiro atoms. The number of benzene rings is 1. The highest BCUT2D eigenvalue weighted by Gasteiger charge is 2.29. The van der Waals surface area contributed by atoms with Gasteiger partial charge in [-0.3, -0.25) is 4.79 Å². The smallest absolute Gasteiger partial charge is 0.227 e. The number of hydrogen-bond acceptors (Lipinski definition) is 2. The summed E-state index contributed by atoms with van der Waals surface area (Å²) in [4.78, 5) is 17.5. The molecular weight excluding hydrogens is 264 g/mol. The van der Waals surface area contributed by atoms with E-state index < -0.39 is 0 Å². The molecule has 2 aromatic rings. The van der Waals surface area contributed by atoms with Crippen LogP contribution in [0.3, 0.4) is 0 Å². The average Bonchev–Trinajstić information content (AvgIpc) is 3.06. The summed E-state index contributed by atoms with van der Waals surface area (Å²) in [7, 11) is 0. The van der Waals surface area contributed by atoms with E-state index in [1.165, 1.54) is 5.56 Å². The van der Waals surface area contributed by atoms with Crippen LogP contribution in [0.25, 0.3) is 10.9 Å². The molecular formula is C17H22N2O2. The summed E-state index contributed by atoms with van der Waals surface area (Å²) in [6.07, 6.45) is 2.93. The van der Waals surface area contributed by atoms with E-state index in [9.17, 15) is 9.90 Å². The SMILES string of the molecule is Cc1ccc2c(CC(=O)N3CCC(C(C)O)C3)c[nH]c2c1. The summed E-state index contributed by atoms with van der Waals surface area (Å²) in [6, 6.07) is 6.25. The number of aliphatic hydroxyl groups is 1. The lowest BCUT2D eigenvalue weighted by molar-refractivity contribution is -0.129. The van der Waals surface area contributed by atoms with E-state index in [0.29, 0.717) is 13.0 Å². The van der Waals surface area contributed by atoms with Crippen LogP contribution in [0.2, 0.25) is 0 Å². The molecule has 0 saturated carbocycles. The fourth-order valence-electron chi connectivity index (χ4n) is 3.13. The predicted octanol–water partition coefficient (Wildman–Crippen LogP) is 2.25. The van der Waals surface area contributed by atoms with Gasteiger partial charge in [0, 0.05) is 36.1 Å². The average molecular weight is 286 g/mol. The van der Waals surface area contributed by atoms with Gasteiger partial charge in [-0.2, -0.15) is 0 Å². The van der Waals surface area contributed by atoms with Gasteiger partial charge < -0.3 is 15.0 Å². The number of carbonyl (C=O) groups is 1. The molecule has 21 heavy (non-hydrogen) atoms. The van der Waals surface area contributed by atoms with Gasteiger partial charge in [0.05, 0.1) is 12.5 Å². The number of aryl methyl sites for hydroxylation is 1. The first-order valence-electron chi connectivity index (χ1n) is 7.57. The van der Waals surface area contributed by atoms with Crippen LogP contribution in [0.15, 0.2) is 24.4 Å². The molecule has 2 N–H and O–H groups in total. The van der Waals surface area contributed by atoms with Crippen LogP contribution in [0, 0.1) is 12.8 Å². The highest BCUT2D eigenvalue weighted by Crippen LogP contribution is 2.23. The zero-order valence-corrected chi connectivity index (χ0v) is 12.6. The van der Waals surface area contributed by atoms with Crippen LogP contribution in [-0.4, -0.2) is 40.1 Å². The van der Waals surface area contributed by atoms with Crippen LogP contribution >= 0.6 is 0 Å². The summed E-state index contributed by atoms with van der Waals surface area (Å²) in [5.74, 6) is 0.374. The van der Waals surface area contributed by atoms with E-state index in [4.69, 9.17) is 0 Å². The fraction of sp³-hybridized carbons (Fsp3) is 0.471. The maximum Gasteiger partial charge on any atom is 0.227 e. The quantitative estimate of drug-likeness (QED) is 0.909. The lowest BCUT2D eigenvalue weighted by Gasteiger charge is -2.17. The number of aromatic nitrogens is 1. The molecule has 2 unspecified atom stereocenters. The van der Waals surface area contributed by atoms with Crippen molar-refractivity contribution in [2.45, 2.75) is 32.8 Å². The van der Waals surface area contributed by atoms with Crippen molar-refractivity contribution in [2.24, 2.45) is 5.92 Å². The second kappa shape index (κ2) is 5.53. The Labute approximate surface area is 124 Å². The minimum Gasteiger partial charge on any atom is -0.393 e. The monoisotopic (exact) mass is 286 g/mol. The molecule has 3 rings (SSSR count). The van der Waals surface area contributed by atoms with Crippen LogP contribution in [0.5, 0.6) is 0 Å². The van der Waals surface area contributed by atoms with Crippen molar-refractivity contribution >= 4 is 16.8 Å². The van der Waals surface area contributed by atoms with Crippen LogP contribution in [-0.2, 0) is 11.2 Å². The first kappa shape index (κ1) is 14.1. The van der Waals surface area contributed by atoms with Gasteiger partial charge >= 0.3 is 0 Å². The molecule has 1 fully saturated rings. The van der Waals surface area contributed by atoms with Gasteiger partial charge in [0.15, 0.2) is 0 Å². The van der Waals surface area contributed by atoms with Crippen molar-refractivity contribution < 1.29 is 9.90 Å².